The average molecular weight is 489 g/mol. The van der Waals surface area contributed by atoms with Gasteiger partial charge in [-0.25, -0.2) is 8.42 Å². The molecule has 0 unspecified atom stereocenters. The molecule has 1 fully saturated rings. The standard InChI is InChI=1S/C24H28N2O7S/c1-15-4-8-18(9-5-15)34(29,30)25-16-6-11-21-19(12-16)24(28)26(2)20-10-7-17(13-23(27)31-3)33-22(20)14-32-21/h4-6,8-9,11-12,17,20,22,25H,7,10,13-14H2,1-3H3/t17-,20+,22-/m0/s1. The number of carbonyl (C=O) groups excluding carboxylic acids is 2. The van der Waals surface area contributed by atoms with E-state index in [0.29, 0.717) is 18.6 Å². The SMILES string of the molecule is COC(=O)C[C@@H]1CC[C@@H]2[C@H](COc3ccc(NS(=O)(=O)c4ccc(C)cc4)cc3C(=O)N2C)O1. The number of nitrogens with zero attached hydrogens (tertiary/aromatic N) is 1. The third kappa shape index (κ3) is 5.02. The van der Waals surface area contributed by atoms with Gasteiger partial charge in [0.1, 0.15) is 18.5 Å². The second-order valence-corrected chi connectivity index (χ2v) is 10.3. The van der Waals surface area contributed by atoms with Gasteiger partial charge in [-0.05, 0) is 50.1 Å². The second-order valence-electron chi connectivity index (χ2n) is 8.58. The number of methoxy groups -OCH3 is 1. The topological polar surface area (TPSA) is 111 Å². The molecule has 0 aliphatic carbocycles. The van der Waals surface area contributed by atoms with Crippen LogP contribution in [0.5, 0.6) is 5.75 Å². The Hall–Kier alpha value is -3.11. The highest BCUT2D eigenvalue weighted by molar-refractivity contribution is 7.92. The third-order valence-electron chi connectivity index (χ3n) is 6.22. The molecular formula is C24H28N2O7S. The minimum absolute atomic E-state index is 0.133. The minimum atomic E-state index is -3.81. The van der Waals surface area contributed by atoms with Gasteiger partial charge in [0.2, 0.25) is 0 Å². The normalized spacial score (nSPS) is 22.5. The molecular weight excluding hydrogens is 460 g/mol. The summed E-state index contributed by atoms with van der Waals surface area (Å²) in [7, 11) is -0.779. The number of nitrogens with one attached hydrogen (secondary N) is 1. The van der Waals surface area contributed by atoms with Crippen molar-refractivity contribution in [2.75, 3.05) is 25.5 Å². The van der Waals surface area contributed by atoms with Crippen molar-refractivity contribution in [3.8, 4) is 5.75 Å². The molecule has 0 aromatic heterocycles. The molecule has 10 heteroatoms. The largest absolute Gasteiger partial charge is 0.490 e. The maximum absolute atomic E-state index is 13.3. The number of sulfonamides is 1. The van der Waals surface area contributed by atoms with Gasteiger partial charge < -0.3 is 19.1 Å². The number of benzene rings is 2. The number of hydrogen-bond acceptors (Lipinski definition) is 7. The highest BCUT2D eigenvalue weighted by Crippen LogP contribution is 2.33. The Morgan fingerprint density at radius 3 is 2.62 bits per heavy atom. The Morgan fingerprint density at radius 2 is 1.91 bits per heavy atom. The number of fused-ring (bicyclic) bond motifs is 2. The quantitative estimate of drug-likeness (QED) is 0.644. The van der Waals surface area contributed by atoms with Crippen molar-refractivity contribution in [1.29, 1.82) is 0 Å². The van der Waals surface area contributed by atoms with E-state index in [-0.39, 0.29) is 53.2 Å². The molecule has 1 saturated heterocycles. The average Bonchev–Trinajstić information content (AvgIpc) is 2.81. The van der Waals surface area contributed by atoms with Crippen molar-refractivity contribution in [2.24, 2.45) is 0 Å². The van der Waals surface area contributed by atoms with E-state index in [1.54, 1.807) is 36.2 Å². The predicted octanol–water partition coefficient (Wildman–Crippen LogP) is 2.74. The smallest absolute Gasteiger partial charge is 0.308 e. The van der Waals surface area contributed by atoms with E-state index in [1.165, 1.54) is 25.3 Å². The fourth-order valence-electron chi connectivity index (χ4n) is 4.29. The number of aryl methyl sites for hydroxylation is 1. The molecule has 1 amide bonds. The maximum atomic E-state index is 13.3. The van der Waals surface area contributed by atoms with Crippen molar-refractivity contribution < 1.29 is 32.2 Å². The van der Waals surface area contributed by atoms with Gasteiger partial charge in [-0.3, -0.25) is 14.3 Å². The van der Waals surface area contributed by atoms with Gasteiger partial charge in [-0.1, -0.05) is 17.7 Å². The van der Waals surface area contributed by atoms with E-state index in [0.717, 1.165) is 5.56 Å². The molecule has 2 aromatic carbocycles. The first-order chi connectivity index (χ1) is 16.2. The first-order valence-corrected chi connectivity index (χ1v) is 12.5. The zero-order valence-electron chi connectivity index (χ0n) is 19.3. The summed E-state index contributed by atoms with van der Waals surface area (Å²) in [6.45, 7) is 2.07. The van der Waals surface area contributed by atoms with E-state index < -0.39 is 16.1 Å². The summed E-state index contributed by atoms with van der Waals surface area (Å²) in [6.07, 6.45) is 0.714. The summed E-state index contributed by atoms with van der Waals surface area (Å²) in [5.74, 6) is -0.297. The molecule has 182 valence electrons. The number of esters is 1. The van der Waals surface area contributed by atoms with E-state index in [4.69, 9.17) is 14.2 Å². The van der Waals surface area contributed by atoms with E-state index >= 15 is 0 Å². The molecule has 9 nitrogen and oxygen atoms in total. The fraction of sp³-hybridized carbons (Fsp3) is 0.417. The lowest BCUT2D eigenvalue weighted by molar-refractivity contribution is -0.151. The van der Waals surface area contributed by atoms with Crippen LogP contribution in [0.15, 0.2) is 47.4 Å². The van der Waals surface area contributed by atoms with Crippen LogP contribution in [0.25, 0.3) is 0 Å². The van der Waals surface area contributed by atoms with Crippen LogP contribution in [-0.4, -0.2) is 64.2 Å². The van der Waals surface area contributed by atoms with Crippen LogP contribution in [0.1, 0.15) is 35.2 Å². The molecule has 3 atom stereocenters. The first kappa shape index (κ1) is 24.0. The van der Waals surface area contributed by atoms with Crippen molar-refractivity contribution in [3.63, 3.8) is 0 Å². The first-order valence-electron chi connectivity index (χ1n) is 11.0. The Bertz CT molecular complexity index is 1180. The molecule has 0 bridgehead atoms. The monoisotopic (exact) mass is 488 g/mol. The van der Waals surface area contributed by atoms with Gasteiger partial charge in [-0.2, -0.15) is 0 Å². The van der Waals surface area contributed by atoms with E-state index in [1.807, 2.05) is 6.92 Å². The lowest BCUT2D eigenvalue weighted by atomic mass is 9.94. The van der Waals surface area contributed by atoms with Crippen LogP contribution in [0.3, 0.4) is 0 Å². The van der Waals surface area contributed by atoms with Crippen LogP contribution in [0, 0.1) is 6.92 Å². The molecule has 2 aliphatic rings. The summed E-state index contributed by atoms with van der Waals surface area (Å²) in [5.41, 5.74) is 1.48. The number of likely N-dealkylation sites (N-methyl/N-ethyl adjacent to an activating group) is 1. The zero-order chi connectivity index (χ0) is 24.5. The molecule has 0 saturated carbocycles. The summed E-state index contributed by atoms with van der Waals surface area (Å²) < 4.78 is 44.8. The molecule has 0 radical (unpaired) electrons. The Balaban J connectivity index is 1.55. The predicted molar refractivity (Wildman–Crippen MR) is 124 cm³/mol. The Labute approximate surface area is 199 Å². The lowest BCUT2D eigenvalue weighted by Crippen LogP contribution is -2.53. The summed E-state index contributed by atoms with van der Waals surface area (Å²) in [5, 5.41) is 0. The van der Waals surface area contributed by atoms with Crippen molar-refractivity contribution >= 4 is 27.6 Å². The summed E-state index contributed by atoms with van der Waals surface area (Å²) in [4.78, 5) is 26.7. The van der Waals surface area contributed by atoms with E-state index in [2.05, 4.69) is 4.72 Å². The Kier molecular flexibility index (Phi) is 6.81. The number of ether oxygens (including phenoxy) is 3. The van der Waals surface area contributed by atoms with Gasteiger partial charge >= 0.3 is 5.97 Å². The lowest BCUT2D eigenvalue weighted by Gasteiger charge is -2.42. The van der Waals surface area contributed by atoms with Crippen LogP contribution >= 0.6 is 0 Å². The number of amides is 1. The van der Waals surface area contributed by atoms with Gasteiger partial charge in [-0.15, -0.1) is 0 Å². The minimum Gasteiger partial charge on any atom is -0.490 e. The number of carbonyl (C=O) groups is 2. The molecule has 34 heavy (non-hydrogen) atoms. The summed E-state index contributed by atoms with van der Waals surface area (Å²) >= 11 is 0. The zero-order valence-corrected chi connectivity index (χ0v) is 20.1. The molecule has 0 spiro atoms. The van der Waals surface area contributed by atoms with Crippen LogP contribution in [-0.2, 0) is 24.3 Å². The molecule has 1 N–H and O–H groups in total. The van der Waals surface area contributed by atoms with Crippen LogP contribution in [0.4, 0.5) is 5.69 Å². The molecule has 2 aliphatic heterocycles. The number of hydrogen-bond donors (Lipinski definition) is 1. The van der Waals surface area contributed by atoms with Gasteiger partial charge in [0.25, 0.3) is 15.9 Å². The summed E-state index contributed by atoms with van der Waals surface area (Å²) in [6, 6.07) is 10.9. The molecule has 2 aromatic rings. The highest BCUT2D eigenvalue weighted by Gasteiger charge is 2.39. The fourth-order valence-corrected chi connectivity index (χ4v) is 5.34. The number of rotatable bonds is 5. The number of anilines is 1. The highest BCUT2D eigenvalue weighted by atomic mass is 32.2. The van der Waals surface area contributed by atoms with Crippen LogP contribution in [0.2, 0.25) is 0 Å². The van der Waals surface area contributed by atoms with Gasteiger partial charge in [0.15, 0.2) is 0 Å². The molecule has 4 rings (SSSR count). The van der Waals surface area contributed by atoms with Crippen molar-refractivity contribution in [3.05, 3.63) is 53.6 Å². The third-order valence-corrected chi connectivity index (χ3v) is 7.61. The Morgan fingerprint density at radius 1 is 1.18 bits per heavy atom. The molecule has 2 heterocycles. The maximum Gasteiger partial charge on any atom is 0.308 e. The van der Waals surface area contributed by atoms with Crippen LogP contribution < -0.4 is 9.46 Å². The van der Waals surface area contributed by atoms with Crippen molar-refractivity contribution in [2.45, 2.75) is 49.3 Å². The van der Waals surface area contributed by atoms with Crippen molar-refractivity contribution in [1.82, 2.24) is 4.90 Å². The van der Waals surface area contributed by atoms with E-state index in [9.17, 15) is 18.0 Å². The van der Waals surface area contributed by atoms with Gasteiger partial charge in [0, 0.05) is 12.7 Å². The van der Waals surface area contributed by atoms with Gasteiger partial charge in [0.05, 0.1) is 36.1 Å². The second kappa shape index (κ2) is 9.63.